The number of anilines is 1. The summed E-state index contributed by atoms with van der Waals surface area (Å²) in [6.07, 6.45) is -2.86. The number of hydrogen-bond acceptors (Lipinski definition) is 5. The number of rotatable bonds is 5. The van der Waals surface area contributed by atoms with Crippen molar-refractivity contribution < 1.29 is 28.3 Å². The minimum Gasteiger partial charge on any atom is -0.479 e. The number of nitrogens with one attached hydrogen (secondary N) is 1. The summed E-state index contributed by atoms with van der Waals surface area (Å²) in [5, 5.41) is 22.4. The van der Waals surface area contributed by atoms with Crippen LogP contribution in [0.15, 0.2) is 18.2 Å². The van der Waals surface area contributed by atoms with E-state index in [0.717, 1.165) is 18.2 Å². The predicted octanol–water partition coefficient (Wildman–Crippen LogP) is 2.19. The summed E-state index contributed by atoms with van der Waals surface area (Å²) in [7, 11) is 0. The third kappa shape index (κ3) is 2.92. The largest absolute Gasteiger partial charge is 0.479 e. The van der Waals surface area contributed by atoms with Crippen LogP contribution in [-0.4, -0.2) is 34.8 Å². The van der Waals surface area contributed by atoms with Crippen molar-refractivity contribution in [3.05, 3.63) is 33.9 Å². The molecule has 7 nitrogen and oxygen atoms in total. The number of nitrogens with zero attached hydrogens (tertiary/aromatic N) is 1. The number of carbonyl (C=O) groups is 1. The zero-order chi connectivity index (χ0) is 15.6. The maximum absolute atomic E-state index is 13.0. The van der Waals surface area contributed by atoms with Gasteiger partial charge in [0, 0.05) is 36.4 Å². The van der Waals surface area contributed by atoms with Crippen LogP contribution in [0.2, 0.25) is 0 Å². The Morgan fingerprint density at radius 2 is 2.24 bits per heavy atom. The molecule has 1 fully saturated rings. The van der Waals surface area contributed by atoms with Gasteiger partial charge in [-0.2, -0.15) is 0 Å². The van der Waals surface area contributed by atoms with Crippen LogP contribution in [0, 0.1) is 10.1 Å². The number of alkyl halides is 2. The Morgan fingerprint density at radius 1 is 1.52 bits per heavy atom. The molecular formula is C12H12F2N2O5. The lowest BCUT2D eigenvalue weighted by molar-refractivity contribution is -0.385. The lowest BCUT2D eigenvalue weighted by Crippen LogP contribution is -2.47. The first-order valence-electron chi connectivity index (χ1n) is 6.01. The van der Waals surface area contributed by atoms with Gasteiger partial charge in [0.2, 0.25) is 0 Å². The Hall–Kier alpha value is -2.29. The molecule has 0 spiro atoms. The maximum Gasteiger partial charge on any atom is 0.331 e. The molecule has 0 aliphatic carbocycles. The Morgan fingerprint density at radius 3 is 2.71 bits per heavy atom. The molecule has 21 heavy (non-hydrogen) atoms. The highest BCUT2D eigenvalue weighted by Gasteiger charge is 2.43. The topological polar surface area (TPSA) is 102 Å². The average molecular weight is 302 g/mol. The van der Waals surface area contributed by atoms with Crippen LogP contribution in [0.25, 0.3) is 0 Å². The highest BCUT2D eigenvalue weighted by molar-refractivity contribution is 5.84. The van der Waals surface area contributed by atoms with E-state index in [0.29, 0.717) is 0 Å². The second kappa shape index (κ2) is 5.60. The second-order valence-corrected chi connectivity index (χ2v) is 4.64. The number of benzene rings is 1. The van der Waals surface area contributed by atoms with Crippen molar-refractivity contribution in [1.29, 1.82) is 0 Å². The maximum atomic E-state index is 13.0. The lowest BCUT2D eigenvalue weighted by atomic mass is 9.97. The van der Waals surface area contributed by atoms with Crippen molar-refractivity contribution in [2.75, 3.05) is 18.5 Å². The van der Waals surface area contributed by atoms with Crippen molar-refractivity contribution in [3.8, 4) is 0 Å². The first-order valence-corrected chi connectivity index (χ1v) is 6.01. The van der Waals surface area contributed by atoms with Crippen LogP contribution in [0.3, 0.4) is 0 Å². The van der Waals surface area contributed by atoms with Crippen molar-refractivity contribution in [2.24, 2.45) is 0 Å². The molecule has 1 saturated heterocycles. The zero-order valence-corrected chi connectivity index (χ0v) is 10.7. The third-order valence-corrected chi connectivity index (χ3v) is 3.29. The van der Waals surface area contributed by atoms with E-state index in [2.05, 4.69) is 5.32 Å². The van der Waals surface area contributed by atoms with Crippen LogP contribution in [0.4, 0.5) is 20.2 Å². The summed E-state index contributed by atoms with van der Waals surface area (Å²) < 4.78 is 31.1. The molecule has 1 aliphatic rings. The van der Waals surface area contributed by atoms with Gasteiger partial charge in [0.15, 0.2) is 5.54 Å². The molecule has 0 aromatic heterocycles. The van der Waals surface area contributed by atoms with Gasteiger partial charge < -0.3 is 15.2 Å². The Balaban J connectivity index is 2.39. The molecule has 0 saturated carbocycles. The number of carboxylic acid groups (broad SMARTS) is 1. The number of nitro groups is 1. The van der Waals surface area contributed by atoms with Gasteiger partial charge in [-0.25, -0.2) is 13.6 Å². The number of carboxylic acids is 1. The van der Waals surface area contributed by atoms with E-state index in [1.807, 2.05) is 0 Å². The van der Waals surface area contributed by atoms with E-state index in [1.165, 1.54) is 0 Å². The normalized spacial score (nSPS) is 21.5. The Bertz CT molecular complexity index is 573. The number of aliphatic carboxylic acids is 1. The Kier molecular flexibility index (Phi) is 4.03. The summed E-state index contributed by atoms with van der Waals surface area (Å²) in [6, 6.07) is 2.86. The zero-order valence-electron chi connectivity index (χ0n) is 10.7. The fourth-order valence-corrected chi connectivity index (χ4v) is 2.10. The van der Waals surface area contributed by atoms with E-state index in [4.69, 9.17) is 4.74 Å². The monoisotopic (exact) mass is 302 g/mol. The molecule has 2 N–H and O–H groups in total. The number of nitro benzene ring substituents is 1. The summed E-state index contributed by atoms with van der Waals surface area (Å²) in [4.78, 5) is 21.2. The molecule has 1 atom stereocenters. The van der Waals surface area contributed by atoms with E-state index in [1.54, 1.807) is 0 Å². The highest BCUT2D eigenvalue weighted by Crippen LogP contribution is 2.34. The van der Waals surface area contributed by atoms with E-state index < -0.39 is 34.1 Å². The molecule has 1 unspecified atom stereocenters. The van der Waals surface area contributed by atoms with Gasteiger partial charge in [0.1, 0.15) is 0 Å². The smallest absolute Gasteiger partial charge is 0.331 e. The van der Waals surface area contributed by atoms with Crippen molar-refractivity contribution >= 4 is 17.3 Å². The molecule has 9 heteroatoms. The third-order valence-electron chi connectivity index (χ3n) is 3.29. The van der Waals surface area contributed by atoms with Gasteiger partial charge in [0.05, 0.1) is 11.5 Å². The fraction of sp³-hybridized carbons (Fsp3) is 0.417. The molecular weight excluding hydrogens is 290 g/mol. The van der Waals surface area contributed by atoms with Gasteiger partial charge in [-0.15, -0.1) is 0 Å². The Labute approximate surface area is 117 Å². The van der Waals surface area contributed by atoms with Gasteiger partial charge in [-0.1, -0.05) is 0 Å². The van der Waals surface area contributed by atoms with E-state index >= 15 is 0 Å². The SMILES string of the molecule is O=C(O)C1(Nc2ccc([N+](=O)[O-])cc2C(F)F)CCOC1. The van der Waals surface area contributed by atoms with Gasteiger partial charge in [-0.05, 0) is 6.07 Å². The number of ether oxygens (including phenoxy) is 1. The average Bonchev–Trinajstić information content (AvgIpc) is 2.88. The molecule has 2 rings (SSSR count). The highest BCUT2D eigenvalue weighted by atomic mass is 19.3. The summed E-state index contributed by atoms with van der Waals surface area (Å²) in [6.45, 7) is 0.0261. The number of halogens is 2. The van der Waals surface area contributed by atoms with Crippen LogP contribution in [-0.2, 0) is 9.53 Å². The summed E-state index contributed by atoms with van der Waals surface area (Å²) in [5.41, 5.74) is -2.75. The van der Waals surface area contributed by atoms with Crippen LogP contribution < -0.4 is 5.32 Å². The van der Waals surface area contributed by atoms with Gasteiger partial charge >= 0.3 is 5.97 Å². The van der Waals surface area contributed by atoms with E-state index in [-0.39, 0.29) is 25.3 Å². The minimum absolute atomic E-state index is 0.113. The molecule has 1 aromatic carbocycles. The van der Waals surface area contributed by atoms with Crippen LogP contribution >= 0.6 is 0 Å². The van der Waals surface area contributed by atoms with Crippen molar-refractivity contribution in [1.82, 2.24) is 0 Å². The molecule has 0 bridgehead atoms. The molecule has 0 radical (unpaired) electrons. The van der Waals surface area contributed by atoms with Gasteiger partial charge in [0.25, 0.3) is 12.1 Å². The summed E-state index contributed by atoms with van der Waals surface area (Å²) in [5.74, 6) is -1.22. The molecule has 1 aromatic rings. The number of non-ortho nitro benzene ring substituents is 1. The molecule has 1 heterocycles. The van der Waals surface area contributed by atoms with Gasteiger partial charge in [-0.3, -0.25) is 10.1 Å². The predicted molar refractivity (Wildman–Crippen MR) is 67.5 cm³/mol. The van der Waals surface area contributed by atoms with Crippen molar-refractivity contribution in [3.63, 3.8) is 0 Å². The minimum atomic E-state index is -2.97. The summed E-state index contributed by atoms with van der Waals surface area (Å²) >= 11 is 0. The quantitative estimate of drug-likeness (QED) is 0.638. The first kappa shape index (κ1) is 15.1. The molecule has 114 valence electrons. The van der Waals surface area contributed by atoms with Crippen LogP contribution in [0.1, 0.15) is 18.4 Å². The van der Waals surface area contributed by atoms with E-state index in [9.17, 15) is 28.8 Å². The lowest BCUT2D eigenvalue weighted by Gasteiger charge is -2.26. The number of hydrogen-bond donors (Lipinski definition) is 2. The standard InChI is InChI=1S/C12H12F2N2O5/c13-10(14)8-5-7(16(19)20)1-2-9(8)15-12(11(17)18)3-4-21-6-12/h1-2,5,10,15H,3-4,6H2,(H,17,18). The first-order chi connectivity index (χ1) is 9.85. The second-order valence-electron chi connectivity index (χ2n) is 4.64. The molecule has 1 aliphatic heterocycles. The van der Waals surface area contributed by atoms with Crippen LogP contribution in [0.5, 0.6) is 0 Å². The molecule has 0 amide bonds. The fourth-order valence-electron chi connectivity index (χ4n) is 2.10. The van der Waals surface area contributed by atoms with Crippen molar-refractivity contribution in [2.45, 2.75) is 18.4 Å².